The van der Waals surface area contributed by atoms with E-state index in [4.69, 9.17) is 4.74 Å². The van der Waals surface area contributed by atoms with Crippen LogP contribution in [0.5, 0.6) is 5.75 Å². The van der Waals surface area contributed by atoms with Crippen molar-refractivity contribution < 1.29 is 9.53 Å². The first-order valence-corrected chi connectivity index (χ1v) is 7.76. The third-order valence-electron chi connectivity index (χ3n) is 3.81. The van der Waals surface area contributed by atoms with E-state index in [1.807, 2.05) is 12.1 Å². The minimum Gasteiger partial charge on any atom is -0.496 e. The highest BCUT2D eigenvalue weighted by Gasteiger charge is 2.22. The van der Waals surface area contributed by atoms with Crippen molar-refractivity contribution in [2.24, 2.45) is 5.92 Å². The summed E-state index contributed by atoms with van der Waals surface area (Å²) in [5, 5.41) is 6.46. The van der Waals surface area contributed by atoms with E-state index < -0.39 is 0 Å². The van der Waals surface area contributed by atoms with Gasteiger partial charge in [0.15, 0.2) is 0 Å². The summed E-state index contributed by atoms with van der Waals surface area (Å²) < 4.78 is 6.17. The van der Waals surface area contributed by atoms with Gasteiger partial charge in [-0.1, -0.05) is 15.9 Å². The zero-order valence-corrected chi connectivity index (χ0v) is 14.7. The molecule has 2 N–H and O–H groups in total. The molecule has 1 aliphatic heterocycles. The molecule has 0 aliphatic carbocycles. The molecule has 2 rings (SSSR count). The molecule has 0 radical (unpaired) electrons. The molecule has 1 aliphatic rings. The third kappa shape index (κ3) is 4.87. The Labute approximate surface area is 140 Å². The number of nitrogens with one attached hydrogen (secondary N) is 2. The average Bonchev–Trinajstić information content (AvgIpc) is 2.47. The van der Waals surface area contributed by atoms with Crippen LogP contribution in [0.4, 0.5) is 0 Å². The molecule has 1 heterocycles. The highest BCUT2D eigenvalue weighted by atomic mass is 79.9. The molecule has 1 aromatic carbocycles. The van der Waals surface area contributed by atoms with Gasteiger partial charge in [-0.05, 0) is 57.0 Å². The van der Waals surface area contributed by atoms with Crippen molar-refractivity contribution in [1.82, 2.24) is 10.6 Å². The van der Waals surface area contributed by atoms with E-state index in [0.29, 0.717) is 17.2 Å². The Morgan fingerprint density at radius 2 is 2.29 bits per heavy atom. The van der Waals surface area contributed by atoms with Gasteiger partial charge in [0.05, 0.1) is 12.7 Å². The van der Waals surface area contributed by atoms with Crippen LogP contribution in [0.15, 0.2) is 22.7 Å². The fourth-order valence-corrected chi connectivity index (χ4v) is 2.90. The van der Waals surface area contributed by atoms with Gasteiger partial charge >= 0.3 is 0 Å². The Kier molecular flexibility index (Phi) is 7.49. The molecular formula is C15H22BrClN2O2. The van der Waals surface area contributed by atoms with Crippen molar-refractivity contribution in [3.8, 4) is 5.75 Å². The number of hydrogen-bond donors (Lipinski definition) is 2. The Morgan fingerprint density at radius 3 is 2.90 bits per heavy atom. The molecule has 1 amide bonds. The Balaban J connectivity index is 0.00000220. The van der Waals surface area contributed by atoms with Crippen LogP contribution in [-0.4, -0.2) is 32.1 Å². The van der Waals surface area contributed by atoms with Crippen LogP contribution in [0.25, 0.3) is 0 Å². The number of benzene rings is 1. The molecule has 0 spiro atoms. The number of carbonyl (C=O) groups is 1. The van der Waals surface area contributed by atoms with E-state index in [-0.39, 0.29) is 24.4 Å². The SMILES string of the molecule is COc1cc(Br)ccc1C(=O)NC(C)C1CCCNC1.Cl. The maximum atomic E-state index is 12.4. The highest BCUT2D eigenvalue weighted by Crippen LogP contribution is 2.24. The monoisotopic (exact) mass is 376 g/mol. The van der Waals surface area contributed by atoms with Crippen molar-refractivity contribution in [3.05, 3.63) is 28.2 Å². The molecule has 6 heteroatoms. The third-order valence-corrected chi connectivity index (χ3v) is 4.30. The lowest BCUT2D eigenvalue weighted by Gasteiger charge is -2.29. The van der Waals surface area contributed by atoms with Crippen LogP contribution in [0.2, 0.25) is 0 Å². The van der Waals surface area contributed by atoms with Gasteiger partial charge in [-0.3, -0.25) is 4.79 Å². The summed E-state index contributed by atoms with van der Waals surface area (Å²) in [4.78, 5) is 12.4. The molecule has 1 saturated heterocycles. The van der Waals surface area contributed by atoms with Gasteiger partial charge in [0.1, 0.15) is 5.75 Å². The van der Waals surface area contributed by atoms with E-state index in [2.05, 4.69) is 33.5 Å². The van der Waals surface area contributed by atoms with Crippen molar-refractivity contribution in [3.63, 3.8) is 0 Å². The Morgan fingerprint density at radius 1 is 1.52 bits per heavy atom. The first kappa shape index (κ1) is 18.3. The smallest absolute Gasteiger partial charge is 0.255 e. The topological polar surface area (TPSA) is 50.4 Å². The first-order chi connectivity index (χ1) is 9.61. The van der Waals surface area contributed by atoms with Crippen LogP contribution >= 0.6 is 28.3 Å². The minimum absolute atomic E-state index is 0. The molecule has 0 bridgehead atoms. The van der Waals surface area contributed by atoms with Gasteiger partial charge in [0.25, 0.3) is 5.91 Å². The van der Waals surface area contributed by atoms with Crippen LogP contribution in [0.1, 0.15) is 30.1 Å². The van der Waals surface area contributed by atoms with Crippen LogP contribution in [0, 0.1) is 5.92 Å². The van der Waals surface area contributed by atoms with E-state index >= 15 is 0 Å². The fraction of sp³-hybridized carbons (Fsp3) is 0.533. The van der Waals surface area contributed by atoms with Crippen molar-refractivity contribution in [2.45, 2.75) is 25.8 Å². The van der Waals surface area contributed by atoms with E-state index in [9.17, 15) is 4.79 Å². The predicted octanol–water partition coefficient (Wildman–Crippen LogP) is 3.00. The molecule has 2 atom stereocenters. The van der Waals surface area contributed by atoms with Crippen molar-refractivity contribution in [1.29, 1.82) is 0 Å². The van der Waals surface area contributed by atoms with Crippen LogP contribution < -0.4 is 15.4 Å². The molecule has 0 aromatic heterocycles. The van der Waals surface area contributed by atoms with Gasteiger partial charge < -0.3 is 15.4 Å². The number of methoxy groups -OCH3 is 1. The molecule has 118 valence electrons. The molecule has 21 heavy (non-hydrogen) atoms. The van der Waals surface area contributed by atoms with Gasteiger partial charge in [-0.25, -0.2) is 0 Å². The number of halogens is 2. The highest BCUT2D eigenvalue weighted by molar-refractivity contribution is 9.10. The molecular weight excluding hydrogens is 356 g/mol. The fourth-order valence-electron chi connectivity index (χ4n) is 2.56. The molecule has 0 saturated carbocycles. The summed E-state index contributed by atoms with van der Waals surface area (Å²) in [5.74, 6) is 1.01. The zero-order chi connectivity index (χ0) is 14.5. The summed E-state index contributed by atoms with van der Waals surface area (Å²) in [5.41, 5.74) is 0.575. The molecule has 4 nitrogen and oxygen atoms in total. The summed E-state index contributed by atoms with van der Waals surface area (Å²) in [7, 11) is 1.58. The second-order valence-electron chi connectivity index (χ2n) is 5.21. The number of carbonyl (C=O) groups excluding carboxylic acids is 1. The number of rotatable bonds is 4. The van der Waals surface area contributed by atoms with Crippen LogP contribution in [-0.2, 0) is 0 Å². The normalized spacial score (nSPS) is 19.3. The maximum Gasteiger partial charge on any atom is 0.255 e. The largest absolute Gasteiger partial charge is 0.496 e. The van der Waals surface area contributed by atoms with E-state index in [1.165, 1.54) is 6.42 Å². The first-order valence-electron chi connectivity index (χ1n) is 6.97. The predicted molar refractivity (Wildman–Crippen MR) is 90.5 cm³/mol. The maximum absolute atomic E-state index is 12.4. The standard InChI is InChI=1S/C15H21BrN2O2.ClH/c1-10(11-4-3-7-17-9-11)18-15(19)13-6-5-12(16)8-14(13)20-2;/h5-6,8,10-11,17H,3-4,7,9H2,1-2H3,(H,18,19);1H. The summed E-state index contributed by atoms with van der Waals surface area (Å²) in [6.07, 6.45) is 2.33. The van der Waals surface area contributed by atoms with Gasteiger partial charge in [-0.15, -0.1) is 12.4 Å². The average molecular weight is 378 g/mol. The second kappa shape index (κ2) is 8.61. The number of ether oxygens (including phenoxy) is 1. The summed E-state index contributed by atoms with van der Waals surface area (Å²) in [6, 6.07) is 5.60. The van der Waals surface area contributed by atoms with Crippen LogP contribution in [0.3, 0.4) is 0 Å². The van der Waals surface area contributed by atoms with Gasteiger partial charge in [0.2, 0.25) is 0 Å². The summed E-state index contributed by atoms with van der Waals surface area (Å²) in [6.45, 7) is 4.12. The molecule has 1 fully saturated rings. The van der Waals surface area contributed by atoms with E-state index in [1.54, 1.807) is 13.2 Å². The minimum atomic E-state index is -0.0765. The molecule has 1 aromatic rings. The summed E-state index contributed by atoms with van der Waals surface area (Å²) >= 11 is 3.38. The van der Waals surface area contributed by atoms with Crippen molar-refractivity contribution in [2.75, 3.05) is 20.2 Å². The number of amides is 1. The van der Waals surface area contributed by atoms with Gasteiger partial charge in [0, 0.05) is 10.5 Å². The van der Waals surface area contributed by atoms with Gasteiger partial charge in [-0.2, -0.15) is 0 Å². The Bertz CT molecular complexity index is 479. The lowest BCUT2D eigenvalue weighted by atomic mass is 9.92. The Hall–Kier alpha value is -0.780. The molecule has 2 unspecified atom stereocenters. The lowest BCUT2D eigenvalue weighted by molar-refractivity contribution is 0.0919. The zero-order valence-electron chi connectivity index (χ0n) is 12.3. The van der Waals surface area contributed by atoms with Crippen molar-refractivity contribution >= 4 is 34.2 Å². The number of hydrogen-bond acceptors (Lipinski definition) is 3. The quantitative estimate of drug-likeness (QED) is 0.848. The van der Waals surface area contributed by atoms with E-state index in [0.717, 1.165) is 24.0 Å². The number of piperidine rings is 1. The lowest BCUT2D eigenvalue weighted by Crippen LogP contribution is -2.44. The second-order valence-corrected chi connectivity index (χ2v) is 6.13.